The van der Waals surface area contributed by atoms with Crippen LogP contribution in [-0.4, -0.2) is 15.9 Å². The van der Waals surface area contributed by atoms with E-state index in [4.69, 9.17) is 11.5 Å². The fourth-order valence-electron chi connectivity index (χ4n) is 3.13. The summed E-state index contributed by atoms with van der Waals surface area (Å²) in [5.41, 5.74) is 14.5. The number of halogens is 1. The molecule has 0 saturated carbocycles. The van der Waals surface area contributed by atoms with Gasteiger partial charge in [0.15, 0.2) is 0 Å². The highest BCUT2D eigenvalue weighted by Crippen LogP contribution is 2.43. The van der Waals surface area contributed by atoms with Crippen molar-refractivity contribution in [2.24, 2.45) is 0 Å². The van der Waals surface area contributed by atoms with E-state index >= 15 is 0 Å². The average Bonchev–Trinajstić information content (AvgIpc) is 3.03. The van der Waals surface area contributed by atoms with Gasteiger partial charge in [0.1, 0.15) is 32.9 Å². The van der Waals surface area contributed by atoms with Crippen molar-refractivity contribution in [2.45, 2.75) is 0 Å². The molecule has 0 aliphatic heterocycles. The quantitative estimate of drug-likeness (QED) is 0.377. The van der Waals surface area contributed by atoms with Gasteiger partial charge in [-0.25, -0.2) is 4.98 Å². The van der Waals surface area contributed by atoms with Crippen molar-refractivity contribution < 1.29 is 9.90 Å². The number of carbonyl (C=O) groups is 1. The zero-order valence-electron chi connectivity index (χ0n) is 14.8. The third kappa shape index (κ3) is 3.20. The Kier molecular flexibility index (Phi) is 4.70. The second-order valence-corrected chi connectivity index (χ2v) is 8.18. The summed E-state index contributed by atoms with van der Waals surface area (Å²) in [4.78, 5) is 18.2. The lowest BCUT2D eigenvalue weighted by Gasteiger charge is -2.09. The molecule has 2 aromatic heterocycles. The second-order valence-electron chi connectivity index (χ2n) is 6.27. The van der Waals surface area contributed by atoms with Crippen LogP contribution in [0.15, 0.2) is 53.0 Å². The Morgan fingerprint density at radius 3 is 2.55 bits per heavy atom. The number of thiophene rings is 1. The van der Waals surface area contributed by atoms with E-state index in [1.807, 2.05) is 6.07 Å². The van der Waals surface area contributed by atoms with Crippen LogP contribution in [0.25, 0.3) is 21.3 Å². The Hall–Kier alpha value is -3.41. The van der Waals surface area contributed by atoms with Gasteiger partial charge in [0.05, 0.1) is 5.69 Å². The van der Waals surface area contributed by atoms with Crippen LogP contribution in [0.3, 0.4) is 0 Å². The predicted octanol–water partition coefficient (Wildman–Crippen LogP) is 4.70. The predicted molar refractivity (Wildman–Crippen MR) is 118 cm³/mol. The molecule has 6 nitrogen and oxygen atoms in total. The van der Waals surface area contributed by atoms with Gasteiger partial charge in [-0.1, -0.05) is 40.2 Å². The van der Waals surface area contributed by atoms with Crippen molar-refractivity contribution in [3.05, 3.63) is 69.0 Å². The number of ketones is 1. The molecule has 0 radical (unpaired) electrons. The molecule has 29 heavy (non-hydrogen) atoms. The largest absolute Gasteiger partial charge is 0.508 e. The lowest BCUT2D eigenvalue weighted by molar-refractivity contribution is 0.104. The van der Waals surface area contributed by atoms with Crippen LogP contribution in [0.5, 0.6) is 5.75 Å². The molecule has 0 amide bonds. The van der Waals surface area contributed by atoms with E-state index in [1.165, 1.54) is 12.1 Å². The third-order valence-corrected chi connectivity index (χ3v) is 6.06. The summed E-state index contributed by atoms with van der Waals surface area (Å²) in [6.45, 7) is 0. The van der Waals surface area contributed by atoms with Crippen molar-refractivity contribution in [1.29, 1.82) is 5.26 Å². The zero-order chi connectivity index (χ0) is 20.7. The van der Waals surface area contributed by atoms with E-state index in [-0.39, 0.29) is 28.6 Å². The fraction of sp³-hybridized carbons (Fsp3) is 0. The smallest absolute Gasteiger partial charge is 0.205 e. The Bertz CT molecular complexity index is 1320. The van der Waals surface area contributed by atoms with Gasteiger partial charge in [-0.15, -0.1) is 11.3 Å². The minimum absolute atomic E-state index is 0.0609. The molecular formula is C21H13BrN4O2S. The lowest BCUT2D eigenvalue weighted by atomic mass is 9.96. The van der Waals surface area contributed by atoms with Crippen LogP contribution in [-0.2, 0) is 0 Å². The first-order chi connectivity index (χ1) is 13.9. The van der Waals surface area contributed by atoms with Crippen LogP contribution in [0, 0.1) is 11.3 Å². The number of aromatic nitrogens is 1. The molecule has 0 unspecified atom stereocenters. The molecule has 142 valence electrons. The van der Waals surface area contributed by atoms with Crippen LogP contribution >= 0.6 is 27.3 Å². The first-order valence-corrected chi connectivity index (χ1v) is 10.0. The zero-order valence-corrected chi connectivity index (χ0v) is 17.2. The van der Waals surface area contributed by atoms with Gasteiger partial charge in [0.2, 0.25) is 5.78 Å². The molecule has 4 aromatic rings. The third-order valence-electron chi connectivity index (χ3n) is 4.47. The van der Waals surface area contributed by atoms with Crippen molar-refractivity contribution in [3.8, 4) is 22.9 Å². The second kappa shape index (κ2) is 7.20. The number of anilines is 2. The molecule has 0 aliphatic carbocycles. The molecule has 0 atom stereocenters. The highest BCUT2D eigenvalue weighted by Gasteiger charge is 2.25. The summed E-state index contributed by atoms with van der Waals surface area (Å²) in [5, 5.41) is 19.8. The Morgan fingerprint density at radius 1 is 1.17 bits per heavy atom. The van der Waals surface area contributed by atoms with Crippen molar-refractivity contribution in [2.75, 3.05) is 11.5 Å². The van der Waals surface area contributed by atoms with Crippen LogP contribution in [0.1, 0.15) is 20.8 Å². The number of aromatic hydroxyl groups is 1. The highest BCUT2D eigenvalue weighted by atomic mass is 79.9. The topological polar surface area (TPSA) is 126 Å². The number of hydrogen-bond donors (Lipinski definition) is 3. The molecule has 8 heteroatoms. The van der Waals surface area contributed by atoms with Gasteiger partial charge in [0, 0.05) is 21.0 Å². The number of nitrogens with two attached hydrogens (primary N) is 2. The van der Waals surface area contributed by atoms with Crippen molar-refractivity contribution in [1.82, 2.24) is 4.98 Å². The molecule has 0 saturated heterocycles. The van der Waals surface area contributed by atoms with Gasteiger partial charge >= 0.3 is 0 Å². The van der Waals surface area contributed by atoms with E-state index < -0.39 is 0 Å². The minimum atomic E-state index is -0.236. The monoisotopic (exact) mass is 464 g/mol. The number of rotatable bonds is 3. The molecule has 2 heterocycles. The molecule has 0 fully saturated rings. The van der Waals surface area contributed by atoms with Gasteiger partial charge in [0.25, 0.3) is 0 Å². The van der Waals surface area contributed by atoms with Crippen molar-refractivity contribution >= 4 is 54.8 Å². The van der Waals surface area contributed by atoms with Gasteiger partial charge in [-0.3, -0.25) is 4.79 Å². The van der Waals surface area contributed by atoms with Crippen LogP contribution in [0.4, 0.5) is 11.5 Å². The normalized spacial score (nSPS) is 10.8. The Labute approximate surface area is 178 Å². The van der Waals surface area contributed by atoms with E-state index in [9.17, 15) is 15.2 Å². The standard InChI is InChI=1S/C21H13BrN4O2S/c22-12-3-1-2-11(8-12)18(28)19-17(24)16-15(10-4-6-13(27)7-5-10)14(9-23)20(25)26-21(16)29-19/h1-8,27H,24H2,(H2,25,26). The number of phenols is 1. The molecule has 0 spiro atoms. The molecule has 0 aliphatic rings. The first kappa shape index (κ1) is 18.9. The summed E-state index contributed by atoms with van der Waals surface area (Å²) < 4.78 is 0.780. The molecule has 5 N–H and O–H groups in total. The molecular weight excluding hydrogens is 452 g/mol. The van der Waals surface area contributed by atoms with Gasteiger partial charge in [-0.05, 0) is 29.8 Å². The summed E-state index contributed by atoms with van der Waals surface area (Å²) in [5.74, 6) is -0.0827. The van der Waals surface area contributed by atoms with Crippen LogP contribution < -0.4 is 11.5 Å². The summed E-state index contributed by atoms with van der Waals surface area (Å²) >= 11 is 4.51. The number of carbonyl (C=O) groups excluding carboxylic acids is 1. The maximum Gasteiger partial charge on any atom is 0.205 e. The summed E-state index contributed by atoms with van der Waals surface area (Å²) in [7, 11) is 0. The number of nitrogen functional groups attached to an aromatic ring is 2. The number of phenolic OH excluding ortho intramolecular Hbond substituents is 1. The number of hydrogen-bond acceptors (Lipinski definition) is 7. The van der Waals surface area contributed by atoms with E-state index in [0.717, 1.165) is 15.8 Å². The fourth-order valence-corrected chi connectivity index (χ4v) is 4.60. The number of nitriles is 1. The SMILES string of the molecule is N#Cc1c(N)nc2sc(C(=O)c3cccc(Br)c3)c(N)c2c1-c1ccc(O)cc1. The number of benzene rings is 2. The average molecular weight is 465 g/mol. The molecule has 2 aromatic carbocycles. The summed E-state index contributed by atoms with van der Waals surface area (Å²) in [6.07, 6.45) is 0. The van der Waals surface area contributed by atoms with Crippen molar-refractivity contribution in [3.63, 3.8) is 0 Å². The van der Waals surface area contributed by atoms with E-state index in [2.05, 4.69) is 27.0 Å². The first-order valence-electron chi connectivity index (χ1n) is 8.42. The Morgan fingerprint density at radius 2 is 1.90 bits per heavy atom. The minimum Gasteiger partial charge on any atom is -0.508 e. The van der Waals surface area contributed by atoms with Gasteiger partial charge in [-0.2, -0.15) is 5.26 Å². The van der Waals surface area contributed by atoms with Gasteiger partial charge < -0.3 is 16.6 Å². The highest BCUT2D eigenvalue weighted by molar-refractivity contribution is 9.10. The molecule has 4 rings (SSSR count). The summed E-state index contributed by atoms with van der Waals surface area (Å²) in [6, 6.07) is 15.5. The number of pyridine rings is 1. The lowest BCUT2D eigenvalue weighted by Crippen LogP contribution is -2.02. The maximum atomic E-state index is 13.1. The van der Waals surface area contributed by atoms with E-state index in [0.29, 0.717) is 31.8 Å². The van der Waals surface area contributed by atoms with Crippen LogP contribution in [0.2, 0.25) is 0 Å². The number of nitrogens with zero attached hydrogens (tertiary/aromatic N) is 2. The number of fused-ring (bicyclic) bond motifs is 1. The molecule has 0 bridgehead atoms. The Balaban J connectivity index is 2.01. The van der Waals surface area contributed by atoms with E-state index in [1.54, 1.807) is 30.3 Å². The maximum absolute atomic E-state index is 13.1.